The number of rotatable bonds is 7. The first kappa shape index (κ1) is 18.7. The van der Waals surface area contributed by atoms with Gasteiger partial charge in [-0.1, -0.05) is 18.2 Å². The number of para-hydroxylation sites is 1. The standard InChI is InChI=1S/C19H18N2O5S/c1-27(24,25)21-15-8-6-13(7-9-15)18(22)12-26-19(23)10-14-11-20-17-5-3-2-4-16(14)17/h2-9,11,20-21H,10,12H2,1H3. The van der Waals surface area contributed by atoms with Crippen LogP contribution in [0.4, 0.5) is 5.69 Å². The summed E-state index contributed by atoms with van der Waals surface area (Å²) in [6.45, 7) is -0.375. The van der Waals surface area contributed by atoms with Crippen molar-refractivity contribution < 1.29 is 22.7 Å². The first-order valence-electron chi connectivity index (χ1n) is 8.13. The molecule has 0 spiro atoms. The largest absolute Gasteiger partial charge is 0.457 e. The number of aromatic nitrogens is 1. The lowest BCUT2D eigenvalue weighted by Crippen LogP contribution is -2.16. The number of ketones is 1. The van der Waals surface area contributed by atoms with E-state index >= 15 is 0 Å². The van der Waals surface area contributed by atoms with Gasteiger partial charge in [-0.05, 0) is 35.9 Å². The van der Waals surface area contributed by atoms with Crippen LogP contribution in [-0.2, 0) is 26.0 Å². The minimum atomic E-state index is -3.38. The van der Waals surface area contributed by atoms with Crippen molar-refractivity contribution in [1.29, 1.82) is 0 Å². The number of sulfonamides is 1. The summed E-state index contributed by atoms with van der Waals surface area (Å²) in [6.07, 6.45) is 2.86. The summed E-state index contributed by atoms with van der Waals surface area (Å²) in [5.41, 5.74) is 2.41. The molecule has 1 heterocycles. The number of anilines is 1. The summed E-state index contributed by atoms with van der Waals surface area (Å²) < 4.78 is 29.7. The summed E-state index contributed by atoms with van der Waals surface area (Å²) in [7, 11) is -3.38. The van der Waals surface area contributed by atoms with Gasteiger partial charge in [0.2, 0.25) is 10.0 Å². The van der Waals surface area contributed by atoms with Crippen LogP contribution in [0.15, 0.2) is 54.7 Å². The Labute approximate surface area is 156 Å². The number of hydrogen-bond acceptors (Lipinski definition) is 5. The molecule has 0 radical (unpaired) electrons. The molecule has 0 aliphatic rings. The van der Waals surface area contributed by atoms with Crippen molar-refractivity contribution in [2.45, 2.75) is 6.42 Å². The highest BCUT2D eigenvalue weighted by Gasteiger charge is 2.13. The molecule has 3 aromatic rings. The lowest BCUT2D eigenvalue weighted by atomic mass is 10.1. The fourth-order valence-electron chi connectivity index (χ4n) is 2.65. The third-order valence-corrected chi connectivity index (χ3v) is 4.49. The maximum atomic E-state index is 12.1. The first-order valence-corrected chi connectivity index (χ1v) is 10.0. The third kappa shape index (κ3) is 4.95. The normalized spacial score (nSPS) is 11.3. The number of carbonyl (C=O) groups excluding carboxylic acids is 2. The van der Waals surface area contributed by atoms with Crippen molar-refractivity contribution in [2.24, 2.45) is 0 Å². The van der Waals surface area contributed by atoms with Gasteiger partial charge in [0.15, 0.2) is 12.4 Å². The average molecular weight is 386 g/mol. The summed E-state index contributed by atoms with van der Waals surface area (Å²) in [5, 5.41) is 0.940. The van der Waals surface area contributed by atoms with Gasteiger partial charge in [0.25, 0.3) is 0 Å². The minimum Gasteiger partial charge on any atom is -0.457 e. The minimum absolute atomic E-state index is 0.0640. The Bertz CT molecular complexity index is 1080. The highest BCUT2D eigenvalue weighted by atomic mass is 32.2. The Balaban J connectivity index is 1.56. The fourth-order valence-corrected chi connectivity index (χ4v) is 3.22. The van der Waals surface area contributed by atoms with Crippen molar-refractivity contribution in [3.63, 3.8) is 0 Å². The van der Waals surface area contributed by atoms with Crippen LogP contribution in [0.3, 0.4) is 0 Å². The molecule has 0 atom stereocenters. The molecule has 0 bridgehead atoms. The monoisotopic (exact) mass is 386 g/mol. The van der Waals surface area contributed by atoms with Crippen LogP contribution >= 0.6 is 0 Å². The summed E-state index contributed by atoms with van der Waals surface area (Å²) in [6, 6.07) is 13.5. The molecule has 0 saturated carbocycles. The van der Waals surface area contributed by atoms with Gasteiger partial charge in [-0.15, -0.1) is 0 Å². The van der Waals surface area contributed by atoms with Crippen molar-refractivity contribution in [3.8, 4) is 0 Å². The number of esters is 1. The fraction of sp³-hybridized carbons (Fsp3) is 0.158. The number of hydrogen-bond donors (Lipinski definition) is 2. The summed E-state index contributed by atoms with van der Waals surface area (Å²) in [5.74, 6) is -0.864. The number of aromatic amines is 1. The van der Waals surface area contributed by atoms with Gasteiger partial charge in [-0.3, -0.25) is 14.3 Å². The molecule has 0 amide bonds. The Morgan fingerprint density at radius 3 is 2.48 bits per heavy atom. The first-order chi connectivity index (χ1) is 12.8. The molecule has 2 N–H and O–H groups in total. The van der Waals surface area contributed by atoms with E-state index in [4.69, 9.17) is 4.74 Å². The van der Waals surface area contributed by atoms with Crippen LogP contribution in [0, 0.1) is 0 Å². The maximum Gasteiger partial charge on any atom is 0.310 e. The molecule has 0 aliphatic heterocycles. The van der Waals surface area contributed by atoms with Gasteiger partial charge in [0.05, 0.1) is 12.7 Å². The zero-order valence-electron chi connectivity index (χ0n) is 14.6. The number of ether oxygens (including phenoxy) is 1. The lowest BCUT2D eigenvalue weighted by molar-refractivity contribution is -0.141. The Hall–Kier alpha value is -3.13. The molecule has 7 nitrogen and oxygen atoms in total. The zero-order valence-corrected chi connectivity index (χ0v) is 15.4. The van der Waals surface area contributed by atoms with E-state index in [1.165, 1.54) is 24.3 Å². The van der Waals surface area contributed by atoms with Gasteiger partial charge >= 0.3 is 5.97 Å². The van der Waals surface area contributed by atoms with Crippen LogP contribution in [0.5, 0.6) is 0 Å². The Morgan fingerprint density at radius 2 is 1.78 bits per heavy atom. The zero-order chi connectivity index (χ0) is 19.4. The van der Waals surface area contributed by atoms with E-state index in [-0.39, 0.29) is 18.8 Å². The molecule has 0 unspecified atom stereocenters. The lowest BCUT2D eigenvalue weighted by Gasteiger charge is -2.06. The average Bonchev–Trinajstić information content (AvgIpc) is 3.02. The van der Waals surface area contributed by atoms with Gasteiger partial charge in [0.1, 0.15) is 0 Å². The maximum absolute atomic E-state index is 12.1. The van der Waals surface area contributed by atoms with E-state index in [0.717, 1.165) is 22.7 Å². The van der Waals surface area contributed by atoms with Gasteiger partial charge < -0.3 is 9.72 Å². The second-order valence-corrected chi connectivity index (χ2v) is 7.82. The van der Waals surface area contributed by atoms with Crippen LogP contribution < -0.4 is 4.72 Å². The molecule has 1 aromatic heterocycles. The highest BCUT2D eigenvalue weighted by molar-refractivity contribution is 7.92. The number of carbonyl (C=O) groups is 2. The van der Waals surface area contributed by atoms with E-state index in [0.29, 0.717) is 11.3 Å². The molecule has 3 rings (SSSR count). The second kappa shape index (κ2) is 7.63. The summed E-state index contributed by atoms with van der Waals surface area (Å²) >= 11 is 0. The van der Waals surface area contributed by atoms with Crippen LogP contribution in [0.2, 0.25) is 0 Å². The van der Waals surface area contributed by atoms with Gasteiger partial charge in [-0.25, -0.2) is 8.42 Å². The van der Waals surface area contributed by atoms with Gasteiger partial charge in [0, 0.05) is 28.4 Å². The topological polar surface area (TPSA) is 105 Å². The highest BCUT2D eigenvalue weighted by Crippen LogP contribution is 2.18. The molecular formula is C19H18N2O5S. The summed E-state index contributed by atoms with van der Waals surface area (Å²) in [4.78, 5) is 27.3. The molecule has 27 heavy (non-hydrogen) atoms. The van der Waals surface area contributed by atoms with Crippen LogP contribution in [0.25, 0.3) is 10.9 Å². The predicted molar refractivity (Wildman–Crippen MR) is 102 cm³/mol. The number of H-pyrrole nitrogens is 1. The molecule has 0 saturated heterocycles. The van der Waals surface area contributed by atoms with Gasteiger partial charge in [-0.2, -0.15) is 0 Å². The predicted octanol–water partition coefficient (Wildman–Crippen LogP) is 2.51. The van der Waals surface area contributed by atoms with E-state index in [1.54, 1.807) is 6.20 Å². The van der Waals surface area contributed by atoms with E-state index < -0.39 is 16.0 Å². The van der Waals surface area contributed by atoms with E-state index in [9.17, 15) is 18.0 Å². The van der Waals surface area contributed by atoms with E-state index in [1.807, 2.05) is 24.3 Å². The van der Waals surface area contributed by atoms with E-state index in [2.05, 4.69) is 9.71 Å². The molecule has 2 aromatic carbocycles. The number of Topliss-reactive ketones (excluding diaryl/α,β-unsaturated/α-hetero) is 1. The van der Waals surface area contributed by atoms with Crippen molar-refractivity contribution in [1.82, 2.24) is 4.98 Å². The molecular weight excluding hydrogens is 368 g/mol. The van der Waals surface area contributed by atoms with Crippen LogP contribution in [0.1, 0.15) is 15.9 Å². The van der Waals surface area contributed by atoms with Crippen molar-refractivity contribution in [2.75, 3.05) is 17.6 Å². The number of benzene rings is 2. The van der Waals surface area contributed by atoms with Crippen LogP contribution in [-0.4, -0.2) is 38.0 Å². The smallest absolute Gasteiger partial charge is 0.310 e. The van der Waals surface area contributed by atoms with Crippen molar-refractivity contribution >= 4 is 38.4 Å². The molecule has 0 fully saturated rings. The number of fused-ring (bicyclic) bond motifs is 1. The molecule has 8 heteroatoms. The quantitative estimate of drug-likeness (QED) is 0.479. The molecule has 0 aliphatic carbocycles. The number of nitrogens with one attached hydrogen (secondary N) is 2. The molecule has 140 valence electrons. The Kier molecular flexibility index (Phi) is 5.27. The SMILES string of the molecule is CS(=O)(=O)Nc1ccc(C(=O)COC(=O)Cc2c[nH]c3ccccc23)cc1. The third-order valence-electron chi connectivity index (χ3n) is 3.88. The van der Waals surface area contributed by atoms with Crippen molar-refractivity contribution in [3.05, 3.63) is 65.9 Å². The second-order valence-electron chi connectivity index (χ2n) is 6.07. The Morgan fingerprint density at radius 1 is 1.07 bits per heavy atom.